The second kappa shape index (κ2) is 7.34. The summed E-state index contributed by atoms with van der Waals surface area (Å²) in [5, 5.41) is 17.3. The van der Waals surface area contributed by atoms with Gasteiger partial charge in [-0.3, -0.25) is 4.68 Å². The fourth-order valence-electron chi connectivity index (χ4n) is 2.89. The van der Waals surface area contributed by atoms with E-state index in [0.29, 0.717) is 19.8 Å². The average Bonchev–Trinajstić information content (AvgIpc) is 3.07. The van der Waals surface area contributed by atoms with E-state index in [2.05, 4.69) is 29.5 Å². The van der Waals surface area contributed by atoms with Gasteiger partial charge in [-0.15, -0.1) is 0 Å². The van der Waals surface area contributed by atoms with Gasteiger partial charge in [0.25, 0.3) is 0 Å². The van der Waals surface area contributed by atoms with Gasteiger partial charge < -0.3 is 19.9 Å². The number of aliphatic hydroxyl groups is 1. The highest BCUT2D eigenvalue weighted by Gasteiger charge is 2.38. The lowest BCUT2D eigenvalue weighted by molar-refractivity contribution is -0.135. The number of hydrogen-bond acceptors (Lipinski definition) is 5. The smallest absolute Gasteiger partial charge is 0.123 e. The van der Waals surface area contributed by atoms with Gasteiger partial charge in [0.2, 0.25) is 0 Å². The summed E-state index contributed by atoms with van der Waals surface area (Å²) in [6.07, 6.45) is 3.71. The van der Waals surface area contributed by atoms with Crippen LogP contribution in [0.1, 0.15) is 24.1 Å². The van der Waals surface area contributed by atoms with Gasteiger partial charge in [-0.05, 0) is 30.7 Å². The molecule has 1 unspecified atom stereocenters. The Morgan fingerprint density at radius 3 is 2.88 bits per heavy atom. The average molecular weight is 331 g/mol. The van der Waals surface area contributed by atoms with Crippen LogP contribution >= 0.6 is 0 Å². The van der Waals surface area contributed by atoms with Crippen LogP contribution in [-0.4, -0.2) is 48.4 Å². The first kappa shape index (κ1) is 17.0. The first-order valence-electron chi connectivity index (χ1n) is 8.22. The lowest BCUT2D eigenvalue weighted by atomic mass is 9.86. The molecule has 1 aliphatic heterocycles. The zero-order chi connectivity index (χ0) is 17.0. The molecule has 1 aliphatic rings. The normalized spacial score (nSPS) is 17.3. The van der Waals surface area contributed by atoms with Crippen molar-refractivity contribution in [1.82, 2.24) is 15.1 Å². The van der Waals surface area contributed by atoms with Crippen LogP contribution in [-0.2, 0) is 11.3 Å². The van der Waals surface area contributed by atoms with Crippen LogP contribution in [0.15, 0.2) is 36.7 Å². The molecule has 6 heteroatoms. The summed E-state index contributed by atoms with van der Waals surface area (Å²) in [7, 11) is 1.69. The van der Waals surface area contributed by atoms with Crippen molar-refractivity contribution in [1.29, 1.82) is 0 Å². The number of methoxy groups -OCH3 is 1. The molecule has 0 amide bonds. The second-order valence-electron chi connectivity index (χ2n) is 6.53. The molecular weight excluding hydrogens is 306 g/mol. The molecule has 2 aromatic rings. The fraction of sp³-hybridized carbons (Fsp3) is 0.500. The molecular formula is C18H25N3O3. The maximum Gasteiger partial charge on any atom is 0.123 e. The SMILES string of the molecule is COc1ccc(C(C)NCC2(CO)COC2)cc1Cn1cccn1. The molecule has 0 saturated carbocycles. The van der Waals surface area contributed by atoms with Gasteiger partial charge in [-0.2, -0.15) is 5.10 Å². The van der Waals surface area contributed by atoms with E-state index < -0.39 is 0 Å². The predicted octanol–water partition coefficient (Wildman–Crippen LogP) is 1.60. The topological polar surface area (TPSA) is 68.5 Å². The highest BCUT2D eigenvalue weighted by atomic mass is 16.5. The van der Waals surface area contributed by atoms with Crippen molar-refractivity contribution in [2.75, 3.05) is 33.5 Å². The molecule has 1 aromatic heterocycles. The fourth-order valence-corrected chi connectivity index (χ4v) is 2.89. The van der Waals surface area contributed by atoms with E-state index in [1.807, 2.05) is 23.0 Å². The van der Waals surface area contributed by atoms with Crippen molar-refractivity contribution in [2.45, 2.75) is 19.5 Å². The summed E-state index contributed by atoms with van der Waals surface area (Å²) in [6.45, 7) is 4.94. The zero-order valence-corrected chi connectivity index (χ0v) is 14.2. The van der Waals surface area contributed by atoms with Crippen LogP contribution in [0, 0.1) is 5.41 Å². The quantitative estimate of drug-likeness (QED) is 0.769. The molecule has 1 aromatic carbocycles. The summed E-state index contributed by atoms with van der Waals surface area (Å²) in [5.41, 5.74) is 2.15. The van der Waals surface area contributed by atoms with Gasteiger partial charge in [-0.25, -0.2) is 0 Å². The van der Waals surface area contributed by atoms with Crippen LogP contribution in [0.3, 0.4) is 0 Å². The maximum atomic E-state index is 9.53. The second-order valence-corrected chi connectivity index (χ2v) is 6.53. The Morgan fingerprint density at radius 2 is 2.29 bits per heavy atom. The molecule has 0 aliphatic carbocycles. The zero-order valence-electron chi connectivity index (χ0n) is 14.2. The number of aliphatic hydroxyl groups excluding tert-OH is 1. The molecule has 24 heavy (non-hydrogen) atoms. The molecule has 0 bridgehead atoms. The number of nitrogens with one attached hydrogen (secondary N) is 1. The number of hydrogen-bond donors (Lipinski definition) is 2. The van der Waals surface area contributed by atoms with E-state index in [1.54, 1.807) is 13.3 Å². The van der Waals surface area contributed by atoms with Crippen LogP contribution in [0.25, 0.3) is 0 Å². The molecule has 1 saturated heterocycles. The number of benzene rings is 1. The van der Waals surface area contributed by atoms with Crippen molar-refractivity contribution >= 4 is 0 Å². The number of ether oxygens (including phenoxy) is 2. The van der Waals surface area contributed by atoms with E-state index in [-0.39, 0.29) is 18.1 Å². The van der Waals surface area contributed by atoms with E-state index >= 15 is 0 Å². The first-order chi connectivity index (χ1) is 11.7. The molecule has 1 atom stereocenters. The first-order valence-corrected chi connectivity index (χ1v) is 8.22. The summed E-state index contributed by atoms with van der Waals surface area (Å²) < 4.78 is 12.6. The predicted molar refractivity (Wildman–Crippen MR) is 91.1 cm³/mol. The maximum absolute atomic E-state index is 9.53. The standard InChI is InChI=1S/C18H25N3O3/c1-14(19-10-18(11-22)12-24-13-18)15-4-5-17(23-2)16(8-15)9-21-7-3-6-20-21/h3-8,14,19,22H,9-13H2,1-2H3. The molecule has 2 heterocycles. The highest BCUT2D eigenvalue weighted by Crippen LogP contribution is 2.28. The third-order valence-electron chi connectivity index (χ3n) is 4.63. The summed E-state index contributed by atoms with van der Waals surface area (Å²) in [4.78, 5) is 0. The van der Waals surface area contributed by atoms with Crippen LogP contribution in [0.4, 0.5) is 0 Å². The third-order valence-corrected chi connectivity index (χ3v) is 4.63. The van der Waals surface area contributed by atoms with Gasteiger partial charge in [0.15, 0.2) is 0 Å². The molecule has 0 radical (unpaired) electrons. The van der Waals surface area contributed by atoms with Crippen LogP contribution in [0.5, 0.6) is 5.75 Å². The minimum absolute atomic E-state index is 0.126. The lowest BCUT2D eigenvalue weighted by Crippen LogP contribution is -2.52. The largest absolute Gasteiger partial charge is 0.496 e. The Balaban J connectivity index is 1.70. The summed E-state index contributed by atoms with van der Waals surface area (Å²) in [5.74, 6) is 0.862. The number of rotatable bonds is 8. The van der Waals surface area contributed by atoms with Crippen molar-refractivity contribution in [3.05, 3.63) is 47.8 Å². The summed E-state index contributed by atoms with van der Waals surface area (Å²) in [6, 6.07) is 8.32. The molecule has 2 N–H and O–H groups in total. The lowest BCUT2D eigenvalue weighted by Gasteiger charge is -2.40. The summed E-state index contributed by atoms with van der Waals surface area (Å²) >= 11 is 0. The van der Waals surface area contributed by atoms with E-state index in [4.69, 9.17) is 9.47 Å². The Labute approximate surface area is 142 Å². The van der Waals surface area contributed by atoms with Crippen LogP contribution < -0.4 is 10.1 Å². The van der Waals surface area contributed by atoms with Gasteiger partial charge in [0, 0.05) is 30.5 Å². The number of nitrogens with zero attached hydrogens (tertiary/aromatic N) is 2. The Bertz CT molecular complexity index is 648. The van der Waals surface area contributed by atoms with Gasteiger partial charge >= 0.3 is 0 Å². The van der Waals surface area contributed by atoms with Crippen molar-refractivity contribution in [3.8, 4) is 5.75 Å². The van der Waals surface area contributed by atoms with Gasteiger partial charge in [0.1, 0.15) is 5.75 Å². The highest BCUT2D eigenvalue weighted by molar-refractivity contribution is 5.38. The van der Waals surface area contributed by atoms with Crippen LogP contribution in [0.2, 0.25) is 0 Å². The third kappa shape index (κ3) is 3.61. The van der Waals surface area contributed by atoms with E-state index in [9.17, 15) is 5.11 Å². The van der Waals surface area contributed by atoms with Crippen molar-refractivity contribution in [2.24, 2.45) is 5.41 Å². The monoisotopic (exact) mass is 331 g/mol. The van der Waals surface area contributed by atoms with E-state index in [0.717, 1.165) is 17.9 Å². The van der Waals surface area contributed by atoms with Crippen molar-refractivity contribution < 1.29 is 14.6 Å². The molecule has 0 spiro atoms. The Morgan fingerprint density at radius 1 is 1.46 bits per heavy atom. The Kier molecular flexibility index (Phi) is 5.18. The molecule has 1 fully saturated rings. The minimum Gasteiger partial charge on any atom is -0.496 e. The molecule has 6 nitrogen and oxygen atoms in total. The molecule has 130 valence electrons. The van der Waals surface area contributed by atoms with Gasteiger partial charge in [-0.1, -0.05) is 6.07 Å². The minimum atomic E-state index is -0.126. The molecule has 3 rings (SSSR count). The van der Waals surface area contributed by atoms with Crippen molar-refractivity contribution in [3.63, 3.8) is 0 Å². The van der Waals surface area contributed by atoms with E-state index in [1.165, 1.54) is 5.56 Å². The van der Waals surface area contributed by atoms with Gasteiger partial charge in [0.05, 0.1) is 38.9 Å². The number of aromatic nitrogens is 2. The Hall–Kier alpha value is -1.89.